The largest absolute Gasteiger partial charge is 0.497 e. The van der Waals surface area contributed by atoms with Crippen LogP contribution in [-0.4, -0.2) is 70.0 Å². The molecule has 3 rings (SSSR count). The van der Waals surface area contributed by atoms with Crippen molar-refractivity contribution in [1.82, 2.24) is 14.5 Å². The second kappa shape index (κ2) is 8.21. The van der Waals surface area contributed by atoms with Crippen LogP contribution in [0.2, 0.25) is 5.02 Å². The quantitative estimate of drug-likeness (QED) is 0.835. The van der Waals surface area contributed by atoms with Crippen molar-refractivity contribution in [2.24, 2.45) is 0 Å². The number of halogens is 2. The molecule has 0 aliphatic carbocycles. The Bertz CT molecular complexity index is 666. The van der Waals surface area contributed by atoms with Gasteiger partial charge < -0.3 is 10.1 Å². The zero-order valence-electron chi connectivity index (χ0n) is 13.6. The van der Waals surface area contributed by atoms with Crippen LogP contribution in [0, 0.1) is 0 Å². The summed E-state index contributed by atoms with van der Waals surface area (Å²) in [6.45, 7) is 4.92. The van der Waals surface area contributed by atoms with Gasteiger partial charge in [0.05, 0.1) is 12.1 Å². The van der Waals surface area contributed by atoms with Crippen molar-refractivity contribution < 1.29 is 13.2 Å². The van der Waals surface area contributed by atoms with Gasteiger partial charge in [-0.1, -0.05) is 11.6 Å². The van der Waals surface area contributed by atoms with Crippen LogP contribution in [0.25, 0.3) is 0 Å². The molecule has 0 saturated carbocycles. The van der Waals surface area contributed by atoms with E-state index >= 15 is 0 Å². The van der Waals surface area contributed by atoms with Crippen molar-refractivity contribution in [2.45, 2.75) is 17.4 Å². The minimum absolute atomic E-state index is 0. The topological polar surface area (TPSA) is 61.9 Å². The highest BCUT2D eigenvalue weighted by Gasteiger charge is 2.36. The van der Waals surface area contributed by atoms with Crippen LogP contribution < -0.4 is 10.1 Å². The van der Waals surface area contributed by atoms with Crippen LogP contribution in [0.4, 0.5) is 0 Å². The fraction of sp³-hybridized carbons (Fsp3) is 0.600. The molecule has 1 aromatic carbocycles. The van der Waals surface area contributed by atoms with E-state index in [9.17, 15) is 8.42 Å². The molecule has 2 heterocycles. The van der Waals surface area contributed by atoms with Crippen molar-refractivity contribution >= 4 is 34.0 Å². The Kier molecular flexibility index (Phi) is 6.75. The molecule has 9 heteroatoms. The number of benzene rings is 1. The average molecular weight is 396 g/mol. The lowest BCUT2D eigenvalue weighted by molar-refractivity contribution is 0.179. The molecular weight excluding hydrogens is 373 g/mol. The van der Waals surface area contributed by atoms with Gasteiger partial charge in [0.1, 0.15) is 10.6 Å². The third-order valence-corrected chi connectivity index (χ3v) is 6.90. The fourth-order valence-electron chi connectivity index (χ4n) is 3.22. The minimum Gasteiger partial charge on any atom is -0.497 e. The second-order valence-corrected chi connectivity index (χ2v) is 8.20. The van der Waals surface area contributed by atoms with Gasteiger partial charge in [-0.3, -0.25) is 4.90 Å². The number of sulfonamides is 1. The number of methoxy groups -OCH3 is 1. The summed E-state index contributed by atoms with van der Waals surface area (Å²) in [6, 6.07) is 5.01. The summed E-state index contributed by atoms with van der Waals surface area (Å²) in [5.74, 6) is 0.492. The van der Waals surface area contributed by atoms with E-state index in [0.29, 0.717) is 18.8 Å². The molecule has 2 aliphatic rings. The third kappa shape index (κ3) is 3.98. The van der Waals surface area contributed by atoms with E-state index in [1.165, 1.54) is 13.2 Å². The molecule has 1 aromatic rings. The number of nitrogens with zero attached hydrogens (tertiary/aromatic N) is 2. The molecular formula is C15H23Cl2N3O3S. The average Bonchev–Trinajstić information content (AvgIpc) is 3.07. The second-order valence-electron chi connectivity index (χ2n) is 5.89. The highest BCUT2D eigenvalue weighted by atomic mass is 35.5. The molecule has 6 nitrogen and oxygen atoms in total. The van der Waals surface area contributed by atoms with Crippen molar-refractivity contribution in [1.29, 1.82) is 0 Å². The summed E-state index contributed by atoms with van der Waals surface area (Å²) in [5, 5.41) is 3.55. The first-order chi connectivity index (χ1) is 11.0. The number of hydrogen-bond donors (Lipinski definition) is 1. The van der Waals surface area contributed by atoms with E-state index in [0.717, 1.165) is 32.6 Å². The molecule has 0 bridgehead atoms. The number of nitrogens with one attached hydrogen (secondary N) is 1. The van der Waals surface area contributed by atoms with Crippen LogP contribution in [0.15, 0.2) is 23.1 Å². The zero-order valence-corrected chi connectivity index (χ0v) is 16.0. The van der Waals surface area contributed by atoms with E-state index in [1.807, 2.05) is 0 Å². The maximum Gasteiger partial charge on any atom is 0.244 e. The molecule has 0 spiro atoms. The Balaban J connectivity index is 0.00000208. The van der Waals surface area contributed by atoms with E-state index in [1.54, 1.807) is 16.4 Å². The van der Waals surface area contributed by atoms with Crippen LogP contribution in [0.1, 0.15) is 6.42 Å². The van der Waals surface area contributed by atoms with Gasteiger partial charge in [0.15, 0.2) is 0 Å². The van der Waals surface area contributed by atoms with Gasteiger partial charge in [-0.15, -0.1) is 12.4 Å². The highest BCUT2D eigenvalue weighted by Crippen LogP contribution is 2.31. The van der Waals surface area contributed by atoms with Gasteiger partial charge in [0.2, 0.25) is 10.0 Å². The highest BCUT2D eigenvalue weighted by molar-refractivity contribution is 7.89. The molecule has 2 aliphatic heterocycles. The molecule has 0 radical (unpaired) electrons. The summed E-state index contributed by atoms with van der Waals surface area (Å²) in [4.78, 5) is 2.50. The molecule has 2 saturated heterocycles. The van der Waals surface area contributed by atoms with Crippen LogP contribution in [0.3, 0.4) is 0 Å². The first-order valence-corrected chi connectivity index (χ1v) is 9.62. The van der Waals surface area contributed by atoms with E-state index in [2.05, 4.69) is 10.2 Å². The summed E-state index contributed by atoms with van der Waals surface area (Å²) < 4.78 is 32.5. The summed E-state index contributed by atoms with van der Waals surface area (Å²) in [7, 11) is -2.08. The molecule has 1 N–H and O–H groups in total. The van der Waals surface area contributed by atoms with E-state index in [4.69, 9.17) is 16.3 Å². The van der Waals surface area contributed by atoms with Gasteiger partial charge in [-0.2, -0.15) is 4.31 Å². The first kappa shape index (κ1) is 19.8. The predicted octanol–water partition coefficient (Wildman–Crippen LogP) is 1.44. The fourth-order valence-corrected chi connectivity index (χ4v) is 5.20. The Hall–Kier alpha value is -0.570. The lowest BCUT2D eigenvalue weighted by Crippen LogP contribution is -2.49. The zero-order chi connectivity index (χ0) is 16.4. The maximum absolute atomic E-state index is 12.9. The third-order valence-electron chi connectivity index (χ3n) is 4.55. The van der Waals surface area contributed by atoms with Crippen molar-refractivity contribution in [3.05, 3.63) is 23.2 Å². The van der Waals surface area contributed by atoms with Gasteiger partial charge in [-0.05, 0) is 18.6 Å². The van der Waals surface area contributed by atoms with E-state index < -0.39 is 10.0 Å². The summed E-state index contributed by atoms with van der Waals surface area (Å²) in [5.41, 5.74) is 0. The SMILES string of the molecule is COc1ccc(Cl)c(S(=O)(=O)N2CCC(N3CCNCC3)C2)c1.Cl. The maximum atomic E-state index is 12.9. The molecule has 1 atom stereocenters. The van der Waals surface area contributed by atoms with Crippen LogP contribution in [0.5, 0.6) is 5.75 Å². The standard InChI is InChI=1S/C15H22ClN3O3S.ClH/c1-22-13-2-3-14(16)15(10-13)23(20,21)19-7-4-12(11-19)18-8-5-17-6-9-18;/h2-3,10,12,17H,4-9,11H2,1H3;1H. The van der Waals surface area contributed by atoms with Crippen molar-refractivity contribution in [2.75, 3.05) is 46.4 Å². The molecule has 2 fully saturated rings. The summed E-state index contributed by atoms with van der Waals surface area (Å²) >= 11 is 6.12. The monoisotopic (exact) mass is 395 g/mol. The van der Waals surface area contributed by atoms with Crippen LogP contribution >= 0.6 is 24.0 Å². The first-order valence-electron chi connectivity index (χ1n) is 7.81. The van der Waals surface area contributed by atoms with Gasteiger partial charge in [0, 0.05) is 51.4 Å². The van der Waals surface area contributed by atoms with Gasteiger partial charge >= 0.3 is 0 Å². The molecule has 136 valence electrons. The number of piperazine rings is 1. The lowest BCUT2D eigenvalue weighted by atomic mass is 10.2. The Morgan fingerprint density at radius 3 is 2.62 bits per heavy atom. The van der Waals surface area contributed by atoms with Crippen molar-refractivity contribution in [3.8, 4) is 5.75 Å². The molecule has 0 amide bonds. The minimum atomic E-state index is -3.59. The van der Waals surface area contributed by atoms with Crippen molar-refractivity contribution in [3.63, 3.8) is 0 Å². The summed E-state index contributed by atoms with van der Waals surface area (Å²) in [6.07, 6.45) is 0.862. The number of ether oxygens (including phenoxy) is 1. The molecule has 1 unspecified atom stereocenters. The predicted molar refractivity (Wildman–Crippen MR) is 96.9 cm³/mol. The number of hydrogen-bond acceptors (Lipinski definition) is 5. The number of rotatable bonds is 4. The molecule has 24 heavy (non-hydrogen) atoms. The van der Waals surface area contributed by atoms with Crippen LogP contribution in [-0.2, 0) is 10.0 Å². The Morgan fingerprint density at radius 1 is 1.25 bits per heavy atom. The smallest absolute Gasteiger partial charge is 0.244 e. The van der Waals surface area contributed by atoms with E-state index in [-0.39, 0.29) is 28.4 Å². The normalized spacial score (nSPS) is 23.0. The van der Waals surface area contributed by atoms with Gasteiger partial charge in [-0.25, -0.2) is 8.42 Å². The lowest BCUT2D eigenvalue weighted by Gasteiger charge is -2.32. The Morgan fingerprint density at radius 2 is 1.96 bits per heavy atom. The Labute approximate surface area is 154 Å². The van der Waals surface area contributed by atoms with Gasteiger partial charge in [0.25, 0.3) is 0 Å². The molecule has 0 aromatic heterocycles.